The van der Waals surface area contributed by atoms with E-state index in [0.717, 1.165) is 17.5 Å². The lowest BCUT2D eigenvalue weighted by Crippen LogP contribution is -2.47. The normalized spacial score (nSPS) is 20.5. The van der Waals surface area contributed by atoms with E-state index in [-0.39, 0.29) is 30.8 Å². The monoisotopic (exact) mass is 452 g/mol. The molecule has 0 unspecified atom stereocenters. The number of nitrogens with zero attached hydrogens (tertiary/aromatic N) is 1. The zero-order chi connectivity index (χ0) is 23.6. The number of amides is 2. The van der Waals surface area contributed by atoms with Gasteiger partial charge in [-0.3, -0.25) is 10.1 Å². The molecule has 2 heterocycles. The Balaban J connectivity index is 1.54. The van der Waals surface area contributed by atoms with E-state index >= 15 is 0 Å². The Morgan fingerprint density at radius 2 is 1.85 bits per heavy atom. The standard InChI is InChI=1S/C26H29FN2O4/c1-26(2,3)33-25(31)28-20-13-15-32-22(16-20)24(30)29-14-12-17-6-4-5-7-21(17)23(29)18-8-10-19(27)11-9-18/h4-11,13,22-23H,12,14-16H2,1-3H3,(H,28,31)/t22-,23+/m1/s1. The third-order valence-corrected chi connectivity index (χ3v) is 5.72. The number of hydrogen-bond acceptors (Lipinski definition) is 4. The summed E-state index contributed by atoms with van der Waals surface area (Å²) in [5, 5.41) is 2.74. The van der Waals surface area contributed by atoms with Crippen molar-refractivity contribution in [2.24, 2.45) is 0 Å². The second-order valence-corrected chi connectivity index (χ2v) is 9.32. The van der Waals surface area contributed by atoms with Gasteiger partial charge in [-0.25, -0.2) is 9.18 Å². The van der Waals surface area contributed by atoms with Gasteiger partial charge in [0, 0.05) is 18.7 Å². The quantitative estimate of drug-likeness (QED) is 0.745. The summed E-state index contributed by atoms with van der Waals surface area (Å²) in [6, 6.07) is 14.0. The van der Waals surface area contributed by atoms with Crippen LogP contribution in [-0.2, 0) is 20.7 Å². The Kier molecular flexibility index (Phi) is 6.51. The molecule has 2 atom stereocenters. The highest BCUT2D eigenvalue weighted by Gasteiger charge is 2.37. The van der Waals surface area contributed by atoms with Gasteiger partial charge in [0.2, 0.25) is 0 Å². The highest BCUT2D eigenvalue weighted by molar-refractivity contribution is 5.83. The van der Waals surface area contributed by atoms with Crippen LogP contribution in [0.5, 0.6) is 0 Å². The summed E-state index contributed by atoms with van der Waals surface area (Å²) in [4.78, 5) is 27.6. The van der Waals surface area contributed by atoms with Crippen LogP contribution in [0.2, 0.25) is 0 Å². The second-order valence-electron chi connectivity index (χ2n) is 9.32. The Morgan fingerprint density at radius 3 is 2.58 bits per heavy atom. The molecule has 0 saturated heterocycles. The minimum Gasteiger partial charge on any atom is -0.444 e. The van der Waals surface area contributed by atoms with Gasteiger partial charge in [0.05, 0.1) is 12.6 Å². The van der Waals surface area contributed by atoms with E-state index in [1.54, 1.807) is 43.9 Å². The van der Waals surface area contributed by atoms with E-state index in [0.29, 0.717) is 12.2 Å². The van der Waals surface area contributed by atoms with Crippen molar-refractivity contribution in [1.82, 2.24) is 10.2 Å². The van der Waals surface area contributed by atoms with Crippen molar-refractivity contribution < 1.29 is 23.5 Å². The van der Waals surface area contributed by atoms with Gasteiger partial charge in [0.15, 0.2) is 0 Å². The van der Waals surface area contributed by atoms with Crippen molar-refractivity contribution in [2.45, 2.75) is 51.4 Å². The fraction of sp³-hybridized carbons (Fsp3) is 0.385. The van der Waals surface area contributed by atoms with Gasteiger partial charge >= 0.3 is 6.09 Å². The number of hydrogen-bond donors (Lipinski definition) is 1. The van der Waals surface area contributed by atoms with Crippen molar-refractivity contribution in [3.63, 3.8) is 0 Å². The molecule has 1 N–H and O–H groups in total. The minimum atomic E-state index is -0.729. The first kappa shape index (κ1) is 23.0. The molecule has 4 rings (SSSR count). The molecule has 0 bridgehead atoms. The van der Waals surface area contributed by atoms with E-state index in [1.165, 1.54) is 17.7 Å². The first-order valence-electron chi connectivity index (χ1n) is 11.2. The largest absolute Gasteiger partial charge is 0.444 e. The molecule has 0 saturated carbocycles. The highest BCUT2D eigenvalue weighted by Crippen LogP contribution is 2.36. The number of benzene rings is 2. The molecule has 0 aromatic heterocycles. The zero-order valence-electron chi connectivity index (χ0n) is 19.1. The van der Waals surface area contributed by atoms with E-state index in [9.17, 15) is 14.0 Å². The predicted octanol–water partition coefficient (Wildman–Crippen LogP) is 4.50. The van der Waals surface area contributed by atoms with Crippen molar-refractivity contribution in [3.05, 3.63) is 82.8 Å². The summed E-state index contributed by atoms with van der Waals surface area (Å²) < 4.78 is 24.7. The summed E-state index contributed by atoms with van der Waals surface area (Å²) >= 11 is 0. The number of carbonyl (C=O) groups is 2. The van der Waals surface area contributed by atoms with Crippen LogP contribution in [-0.4, -0.2) is 41.8 Å². The molecule has 2 aliphatic rings. The average Bonchev–Trinajstić information content (AvgIpc) is 2.77. The van der Waals surface area contributed by atoms with Crippen molar-refractivity contribution >= 4 is 12.0 Å². The molecule has 2 amide bonds. The van der Waals surface area contributed by atoms with Crippen LogP contribution < -0.4 is 5.32 Å². The molecule has 174 valence electrons. The lowest BCUT2D eigenvalue weighted by Gasteiger charge is -2.40. The van der Waals surface area contributed by atoms with Crippen LogP contribution in [0.15, 0.2) is 60.3 Å². The maximum Gasteiger partial charge on any atom is 0.411 e. The third-order valence-electron chi connectivity index (χ3n) is 5.72. The van der Waals surface area contributed by atoms with Crippen molar-refractivity contribution in [2.75, 3.05) is 13.2 Å². The first-order chi connectivity index (χ1) is 15.7. The van der Waals surface area contributed by atoms with Gasteiger partial charge in [-0.1, -0.05) is 36.4 Å². The summed E-state index contributed by atoms with van der Waals surface area (Å²) in [6.45, 7) is 6.12. The van der Waals surface area contributed by atoms with Crippen LogP contribution in [0.25, 0.3) is 0 Å². The summed E-state index contributed by atoms with van der Waals surface area (Å²) in [7, 11) is 0. The molecule has 2 aromatic rings. The van der Waals surface area contributed by atoms with Gasteiger partial charge in [-0.15, -0.1) is 0 Å². The number of alkyl carbamates (subject to hydrolysis) is 1. The first-order valence-corrected chi connectivity index (χ1v) is 11.2. The molecule has 6 nitrogen and oxygen atoms in total. The number of halogens is 1. The molecule has 0 fully saturated rings. The summed E-state index contributed by atoms with van der Waals surface area (Å²) in [6.07, 6.45) is 1.43. The van der Waals surface area contributed by atoms with Gasteiger partial charge in [0.1, 0.15) is 17.5 Å². The van der Waals surface area contributed by atoms with E-state index in [4.69, 9.17) is 9.47 Å². The lowest BCUT2D eigenvalue weighted by molar-refractivity contribution is -0.145. The van der Waals surface area contributed by atoms with Crippen LogP contribution in [0.1, 0.15) is 49.9 Å². The smallest absolute Gasteiger partial charge is 0.411 e. The van der Waals surface area contributed by atoms with Gasteiger partial charge < -0.3 is 14.4 Å². The van der Waals surface area contributed by atoms with Crippen LogP contribution in [0.4, 0.5) is 9.18 Å². The highest BCUT2D eigenvalue weighted by atomic mass is 19.1. The molecule has 2 aromatic carbocycles. The lowest BCUT2D eigenvalue weighted by atomic mass is 9.87. The van der Waals surface area contributed by atoms with Crippen molar-refractivity contribution in [3.8, 4) is 0 Å². The molecular weight excluding hydrogens is 423 g/mol. The topological polar surface area (TPSA) is 67.9 Å². The predicted molar refractivity (Wildman–Crippen MR) is 122 cm³/mol. The molecular formula is C26H29FN2O4. The maximum atomic E-state index is 13.6. The molecule has 0 spiro atoms. The summed E-state index contributed by atoms with van der Waals surface area (Å²) in [5.74, 6) is -0.477. The number of ether oxygens (including phenoxy) is 2. The Bertz CT molecular complexity index is 1060. The third kappa shape index (κ3) is 5.42. The number of nitrogens with one attached hydrogen (secondary N) is 1. The van der Waals surface area contributed by atoms with Gasteiger partial charge in [-0.2, -0.15) is 0 Å². The average molecular weight is 453 g/mol. The maximum absolute atomic E-state index is 13.6. The fourth-order valence-electron chi connectivity index (χ4n) is 4.30. The molecule has 33 heavy (non-hydrogen) atoms. The van der Waals surface area contributed by atoms with Crippen LogP contribution in [0, 0.1) is 5.82 Å². The SMILES string of the molecule is CC(C)(C)OC(=O)NC1=CCO[C@@H](C(=O)N2CCc3ccccc3[C@@H]2c2ccc(F)cc2)C1. The fourth-order valence-corrected chi connectivity index (χ4v) is 4.30. The van der Waals surface area contributed by atoms with Gasteiger partial charge in [-0.05, 0) is 62.1 Å². The Hall–Kier alpha value is -3.19. The minimum absolute atomic E-state index is 0.157. The van der Waals surface area contributed by atoms with E-state index in [2.05, 4.69) is 11.4 Å². The Labute approximate surface area is 193 Å². The van der Waals surface area contributed by atoms with Gasteiger partial charge in [0.25, 0.3) is 5.91 Å². The second kappa shape index (κ2) is 9.35. The Morgan fingerprint density at radius 1 is 1.12 bits per heavy atom. The number of carbonyl (C=O) groups excluding carboxylic acids is 2. The molecule has 7 heteroatoms. The molecule has 0 radical (unpaired) electrons. The van der Waals surface area contributed by atoms with E-state index < -0.39 is 17.8 Å². The summed E-state index contributed by atoms with van der Waals surface area (Å²) in [5.41, 5.74) is 3.03. The molecule has 0 aliphatic carbocycles. The van der Waals surface area contributed by atoms with E-state index in [1.807, 2.05) is 18.2 Å². The molecule has 2 aliphatic heterocycles. The van der Waals surface area contributed by atoms with Crippen molar-refractivity contribution in [1.29, 1.82) is 0 Å². The van der Waals surface area contributed by atoms with Crippen LogP contribution >= 0.6 is 0 Å². The zero-order valence-corrected chi connectivity index (χ0v) is 19.1. The number of rotatable bonds is 3. The number of fused-ring (bicyclic) bond motifs is 1. The van der Waals surface area contributed by atoms with Crippen LogP contribution in [0.3, 0.4) is 0 Å².